The van der Waals surface area contributed by atoms with Gasteiger partial charge in [0.2, 0.25) is 0 Å². The minimum atomic E-state index is -0.567. The lowest BCUT2D eigenvalue weighted by Gasteiger charge is -2.08. The van der Waals surface area contributed by atoms with Crippen molar-refractivity contribution in [1.29, 1.82) is 0 Å². The first-order chi connectivity index (χ1) is 9.88. The van der Waals surface area contributed by atoms with Crippen LogP contribution in [0.25, 0.3) is 0 Å². The number of rotatable bonds is 3. The highest BCUT2D eigenvalue weighted by Crippen LogP contribution is 2.27. The molecule has 0 aliphatic carbocycles. The first-order valence-electron chi connectivity index (χ1n) is 5.76. The standard InChI is InChI=1S/C13H9BrClN3O3/c1-7-2-3-11(18(20)21)10(4-7)17-13(19)9-5-8(14)6-16-12(9)15/h2-6H,1H3,(H,17,19). The van der Waals surface area contributed by atoms with Crippen LogP contribution in [0.5, 0.6) is 0 Å². The monoisotopic (exact) mass is 369 g/mol. The number of nitrogens with zero attached hydrogens (tertiary/aromatic N) is 2. The maximum absolute atomic E-state index is 12.2. The van der Waals surface area contributed by atoms with E-state index in [0.717, 1.165) is 5.56 Å². The number of hydrogen-bond donors (Lipinski definition) is 1. The average molecular weight is 371 g/mol. The third-order valence-electron chi connectivity index (χ3n) is 2.65. The summed E-state index contributed by atoms with van der Waals surface area (Å²) in [6.45, 7) is 1.77. The molecular formula is C13H9BrClN3O3. The van der Waals surface area contributed by atoms with E-state index in [0.29, 0.717) is 4.47 Å². The molecule has 0 fully saturated rings. The number of nitro groups is 1. The van der Waals surface area contributed by atoms with Gasteiger partial charge in [-0.3, -0.25) is 14.9 Å². The van der Waals surface area contributed by atoms with Crippen molar-refractivity contribution in [2.24, 2.45) is 0 Å². The first kappa shape index (κ1) is 15.4. The predicted octanol–water partition coefficient (Wildman–Crippen LogP) is 3.97. The number of aromatic nitrogens is 1. The summed E-state index contributed by atoms with van der Waals surface area (Å²) in [5.41, 5.74) is 0.838. The second-order valence-electron chi connectivity index (χ2n) is 4.22. The molecule has 6 nitrogen and oxygen atoms in total. The summed E-state index contributed by atoms with van der Waals surface area (Å²) in [5.74, 6) is -0.567. The number of carbonyl (C=O) groups is 1. The highest BCUT2D eigenvalue weighted by molar-refractivity contribution is 9.10. The van der Waals surface area contributed by atoms with Crippen LogP contribution in [0.1, 0.15) is 15.9 Å². The number of carbonyl (C=O) groups excluding carboxylic acids is 1. The Morgan fingerprint density at radius 1 is 1.43 bits per heavy atom. The second kappa shape index (κ2) is 6.19. The molecule has 0 saturated heterocycles. The van der Waals surface area contributed by atoms with Gasteiger partial charge in [-0.2, -0.15) is 0 Å². The maximum Gasteiger partial charge on any atom is 0.292 e. The number of anilines is 1. The SMILES string of the molecule is Cc1ccc([N+](=O)[O-])c(NC(=O)c2cc(Br)cnc2Cl)c1. The van der Waals surface area contributed by atoms with Crippen LogP contribution in [0.15, 0.2) is 34.9 Å². The van der Waals surface area contributed by atoms with Crippen LogP contribution in [0, 0.1) is 17.0 Å². The lowest BCUT2D eigenvalue weighted by Crippen LogP contribution is -2.14. The summed E-state index contributed by atoms with van der Waals surface area (Å²) in [6.07, 6.45) is 1.45. The first-order valence-corrected chi connectivity index (χ1v) is 6.93. The van der Waals surface area contributed by atoms with Gasteiger partial charge in [0.25, 0.3) is 11.6 Å². The van der Waals surface area contributed by atoms with Gasteiger partial charge in [0.15, 0.2) is 0 Å². The fraction of sp³-hybridized carbons (Fsp3) is 0.0769. The van der Waals surface area contributed by atoms with Crippen LogP contribution in [-0.2, 0) is 0 Å². The predicted molar refractivity (Wildman–Crippen MR) is 82.7 cm³/mol. The fourth-order valence-electron chi connectivity index (χ4n) is 1.68. The third-order valence-corrected chi connectivity index (χ3v) is 3.38. The van der Waals surface area contributed by atoms with Crippen molar-refractivity contribution in [3.8, 4) is 0 Å². The van der Waals surface area contributed by atoms with E-state index in [9.17, 15) is 14.9 Å². The van der Waals surface area contributed by atoms with E-state index >= 15 is 0 Å². The molecule has 2 rings (SSSR count). The summed E-state index contributed by atoms with van der Waals surface area (Å²) >= 11 is 9.05. The molecule has 0 radical (unpaired) electrons. The van der Waals surface area contributed by atoms with Crippen molar-refractivity contribution in [1.82, 2.24) is 4.98 Å². The zero-order valence-corrected chi connectivity index (χ0v) is 13.1. The highest BCUT2D eigenvalue weighted by atomic mass is 79.9. The van der Waals surface area contributed by atoms with Gasteiger partial charge in [-0.25, -0.2) is 4.98 Å². The number of aryl methyl sites for hydroxylation is 1. The van der Waals surface area contributed by atoms with Crippen LogP contribution in [-0.4, -0.2) is 15.8 Å². The molecule has 0 aliphatic rings. The van der Waals surface area contributed by atoms with Crippen LogP contribution in [0.2, 0.25) is 5.15 Å². The number of benzene rings is 1. The Morgan fingerprint density at radius 2 is 2.14 bits per heavy atom. The zero-order chi connectivity index (χ0) is 15.6. The topological polar surface area (TPSA) is 85.1 Å². The molecule has 1 N–H and O–H groups in total. The number of pyridine rings is 1. The van der Waals surface area contributed by atoms with Crippen molar-refractivity contribution < 1.29 is 9.72 Å². The van der Waals surface area contributed by atoms with E-state index in [4.69, 9.17) is 11.6 Å². The van der Waals surface area contributed by atoms with Crippen molar-refractivity contribution in [2.45, 2.75) is 6.92 Å². The summed E-state index contributed by atoms with van der Waals surface area (Å²) in [7, 11) is 0. The van der Waals surface area contributed by atoms with Crippen molar-refractivity contribution in [3.63, 3.8) is 0 Å². The summed E-state index contributed by atoms with van der Waals surface area (Å²) in [4.78, 5) is 26.5. The molecule has 0 spiro atoms. The third kappa shape index (κ3) is 3.56. The quantitative estimate of drug-likeness (QED) is 0.503. The van der Waals surface area contributed by atoms with E-state index in [1.54, 1.807) is 13.0 Å². The molecular weight excluding hydrogens is 362 g/mol. The van der Waals surface area contributed by atoms with Crippen molar-refractivity contribution in [3.05, 3.63) is 61.3 Å². The van der Waals surface area contributed by atoms with E-state index < -0.39 is 10.8 Å². The highest BCUT2D eigenvalue weighted by Gasteiger charge is 2.18. The molecule has 8 heteroatoms. The Bertz CT molecular complexity index is 737. The molecule has 2 aromatic rings. The summed E-state index contributed by atoms with van der Waals surface area (Å²) in [6, 6.07) is 5.95. The van der Waals surface area contributed by atoms with E-state index in [-0.39, 0.29) is 22.1 Å². The molecule has 0 bridgehead atoms. The second-order valence-corrected chi connectivity index (χ2v) is 5.50. The molecule has 1 aromatic carbocycles. The van der Waals surface area contributed by atoms with Crippen molar-refractivity contribution >= 4 is 44.8 Å². The number of amides is 1. The van der Waals surface area contributed by atoms with E-state index in [2.05, 4.69) is 26.2 Å². The Morgan fingerprint density at radius 3 is 2.81 bits per heavy atom. The Labute approximate surface area is 133 Å². The van der Waals surface area contributed by atoms with Gasteiger partial charge in [-0.15, -0.1) is 0 Å². The maximum atomic E-state index is 12.2. The smallest absolute Gasteiger partial charge is 0.292 e. The van der Waals surface area contributed by atoms with Gasteiger partial charge < -0.3 is 5.32 Å². The van der Waals surface area contributed by atoms with E-state index in [1.807, 2.05) is 0 Å². The zero-order valence-electron chi connectivity index (χ0n) is 10.8. The van der Waals surface area contributed by atoms with Crippen LogP contribution >= 0.6 is 27.5 Å². The van der Waals surface area contributed by atoms with Gasteiger partial charge >= 0.3 is 0 Å². The van der Waals surface area contributed by atoms with Gasteiger partial charge in [-0.1, -0.05) is 17.7 Å². The number of hydrogen-bond acceptors (Lipinski definition) is 4. The van der Waals surface area contributed by atoms with E-state index in [1.165, 1.54) is 24.4 Å². The summed E-state index contributed by atoms with van der Waals surface area (Å²) < 4.78 is 0.579. The average Bonchev–Trinajstić information content (AvgIpc) is 2.41. The Balaban J connectivity index is 2.38. The van der Waals surface area contributed by atoms with Gasteiger partial charge in [-0.05, 0) is 40.5 Å². The molecule has 1 amide bonds. The number of nitrogens with one attached hydrogen (secondary N) is 1. The van der Waals surface area contributed by atoms with Gasteiger partial charge in [0, 0.05) is 16.7 Å². The fourth-order valence-corrected chi connectivity index (χ4v) is 2.20. The van der Waals surface area contributed by atoms with Crippen LogP contribution in [0.3, 0.4) is 0 Å². The minimum absolute atomic E-state index is 0.0195. The minimum Gasteiger partial charge on any atom is -0.316 e. The van der Waals surface area contributed by atoms with Gasteiger partial charge in [0.05, 0.1) is 10.5 Å². The van der Waals surface area contributed by atoms with Crippen LogP contribution < -0.4 is 5.32 Å². The summed E-state index contributed by atoms with van der Waals surface area (Å²) in [5, 5.41) is 13.5. The molecule has 0 aliphatic heterocycles. The number of nitro benzene ring substituents is 1. The largest absolute Gasteiger partial charge is 0.316 e. The Kier molecular flexibility index (Phi) is 4.54. The lowest BCUT2D eigenvalue weighted by atomic mass is 10.2. The molecule has 0 saturated carbocycles. The molecule has 1 heterocycles. The molecule has 0 unspecified atom stereocenters. The molecule has 0 atom stereocenters. The lowest BCUT2D eigenvalue weighted by molar-refractivity contribution is -0.383. The number of halogens is 2. The van der Waals surface area contributed by atoms with Crippen molar-refractivity contribution in [2.75, 3.05) is 5.32 Å². The van der Waals surface area contributed by atoms with Crippen LogP contribution in [0.4, 0.5) is 11.4 Å². The molecule has 1 aromatic heterocycles. The molecule has 21 heavy (non-hydrogen) atoms. The Hall–Kier alpha value is -1.99. The van der Waals surface area contributed by atoms with Gasteiger partial charge in [0.1, 0.15) is 10.8 Å². The molecule has 108 valence electrons. The normalized spacial score (nSPS) is 10.2.